The second-order valence-electron chi connectivity index (χ2n) is 4.44. The van der Waals surface area contributed by atoms with Gasteiger partial charge < -0.3 is 20.7 Å². The Kier molecular flexibility index (Phi) is 3.21. The minimum atomic E-state index is -1.72. The summed E-state index contributed by atoms with van der Waals surface area (Å²) in [6.07, 6.45) is -3.87. The van der Waals surface area contributed by atoms with Gasteiger partial charge in [-0.3, -0.25) is 4.98 Å². The first-order chi connectivity index (χ1) is 9.52. The SMILES string of the molecule is Nc1nc(Cl)nc2c1[nH]c[n+]2[C@H]1O[C@H](CO)C(O)[C@H]1F. The number of nitrogens with zero attached hydrogens (tertiary/aromatic N) is 3. The number of hydrogen-bond donors (Lipinski definition) is 4. The van der Waals surface area contributed by atoms with Crippen LogP contribution in [-0.2, 0) is 4.74 Å². The van der Waals surface area contributed by atoms with E-state index < -0.39 is 31.2 Å². The molecular formula is C10H12ClFN5O3+. The molecule has 8 nitrogen and oxygen atoms in total. The van der Waals surface area contributed by atoms with Crippen molar-refractivity contribution in [2.45, 2.75) is 24.6 Å². The fourth-order valence-corrected chi connectivity index (χ4v) is 2.40. The third kappa shape index (κ3) is 1.90. The number of hydrogen-bond acceptors (Lipinski definition) is 6. The molecule has 1 fully saturated rings. The molecule has 1 aliphatic heterocycles. The Morgan fingerprint density at radius 3 is 2.95 bits per heavy atom. The highest BCUT2D eigenvalue weighted by molar-refractivity contribution is 6.28. The standard InChI is InChI=1S/C10H11ClFN5O3/c11-10-15-7(13)5-8(16-10)17(2-14-5)9-4(12)6(19)3(1-18)20-9/h2-4,6,9,18-19H,1H2,(H2,13,15,16)/p+1/t3-,4-,6?,9+/m1/s1. The van der Waals surface area contributed by atoms with Gasteiger partial charge in [0.2, 0.25) is 11.7 Å². The van der Waals surface area contributed by atoms with Crippen LogP contribution >= 0.6 is 11.6 Å². The molecule has 1 saturated heterocycles. The van der Waals surface area contributed by atoms with Gasteiger partial charge in [-0.1, -0.05) is 4.98 Å². The van der Waals surface area contributed by atoms with E-state index in [4.69, 9.17) is 27.2 Å². The summed E-state index contributed by atoms with van der Waals surface area (Å²) in [6.45, 7) is -0.487. The summed E-state index contributed by atoms with van der Waals surface area (Å²) in [4.78, 5) is 10.5. The number of anilines is 1. The van der Waals surface area contributed by atoms with E-state index in [0.29, 0.717) is 5.52 Å². The van der Waals surface area contributed by atoms with Crippen LogP contribution in [0.3, 0.4) is 0 Å². The largest absolute Gasteiger partial charge is 0.394 e. The van der Waals surface area contributed by atoms with Crippen molar-refractivity contribution in [2.24, 2.45) is 0 Å². The summed E-state index contributed by atoms with van der Waals surface area (Å²) < 4.78 is 20.7. The summed E-state index contributed by atoms with van der Waals surface area (Å²) in [5, 5.41) is 18.6. The van der Waals surface area contributed by atoms with Crippen molar-refractivity contribution in [3.63, 3.8) is 0 Å². The number of aliphatic hydroxyl groups excluding tert-OH is 2. The van der Waals surface area contributed by atoms with E-state index in [0.717, 1.165) is 0 Å². The van der Waals surface area contributed by atoms with Gasteiger partial charge in [0, 0.05) is 0 Å². The van der Waals surface area contributed by atoms with Gasteiger partial charge in [0.25, 0.3) is 0 Å². The van der Waals surface area contributed by atoms with E-state index in [1.54, 1.807) is 0 Å². The molecule has 0 radical (unpaired) electrons. The zero-order chi connectivity index (χ0) is 14.4. The maximum absolute atomic E-state index is 14.1. The molecular weight excluding hydrogens is 293 g/mol. The average Bonchev–Trinajstić information content (AvgIpc) is 2.93. The van der Waals surface area contributed by atoms with Crippen LogP contribution in [0.5, 0.6) is 0 Å². The molecule has 0 spiro atoms. The van der Waals surface area contributed by atoms with E-state index in [2.05, 4.69) is 15.0 Å². The molecule has 108 valence electrons. The predicted octanol–water partition coefficient (Wildman–Crippen LogP) is -0.930. The van der Waals surface area contributed by atoms with E-state index in [9.17, 15) is 9.50 Å². The normalized spacial score (nSPS) is 30.2. The topological polar surface area (TPSA) is 121 Å². The molecule has 3 rings (SSSR count). The Morgan fingerprint density at radius 2 is 2.30 bits per heavy atom. The maximum atomic E-state index is 14.1. The van der Waals surface area contributed by atoms with Crippen molar-refractivity contribution in [3.8, 4) is 0 Å². The zero-order valence-corrected chi connectivity index (χ0v) is 10.8. The molecule has 20 heavy (non-hydrogen) atoms. The quantitative estimate of drug-likeness (QED) is 0.420. The van der Waals surface area contributed by atoms with Gasteiger partial charge in [-0.2, -0.15) is 4.98 Å². The maximum Gasteiger partial charge on any atom is 0.311 e. The highest BCUT2D eigenvalue weighted by Crippen LogP contribution is 2.29. The van der Waals surface area contributed by atoms with Crippen molar-refractivity contribution in [1.82, 2.24) is 15.0 Å². The average molecular weight is 305 g/mol. The van der Waals surface area contributed by atoms with Gasteiger partial charge in [-0.15, -0.1) is 0 Å². The number of imidazole rings is 1. The van der Waals surface area contributed by atoms with Crippen molar-refractivity contribution in [3.05, 3.63) is 11.6 Å². The van der Waals surface area contributed by atoms with Crippen molar-refractivity contribution < 1.29 is 23.9 Å². The van der Waals surface area contributed by atoms with Gasteiger partial charge >= 0.3 is 10.9 Å². The smallest absolute Gasteiger partial charge is 0.311 e. The highest BCUT2D eigenvalue weighted by atomic mass is 35.5. The van der Waals surface area contributed by atoms with Gasteiger partial charge in [0.05, 0.1) is 6.61 Å². The number of halogens is 2. The zero-order valence-electron chi connectivity index (χ0n) is 10.1. The molecule has 0 amide bonds. The minimum Gasteiger partial charge on any atom is -0.394 e. The molecule has 1 unspecified atom stereocenters. The van der Waals surface area contributed by atoms with Crippen molar-refractivity contribution >= 4 is 28.6 Å². The number of aromatic nitrogens is 4. The van der Waals surface area contributed by atoms with E-state index in [1.165, 1.54) is 10.9 Å². The van der Waals surface area contributed by atoms with Crippen LogP contribution in [0.2, 0.25) is 5.28 Å². The van der Waals surface area contributed by atoms with Crippen LogP contribution in [0.1, 0.15) is 6.23 Å². The lowest BCUT2D eigenvalue weighted by Crippen LogP contribution is -2.44. The lowest BCUT2D eigenvalue weighted by atomic mass is 10.1. The number of nitrogen functional groups attached to an aromatic ring is 1. The number of aliphatic hydroxyl groups is 2. The third-order valence-electron chi connectivity index (χ3n) is 3.23. The van der Waals surface area contributed by atoms with Gasteiger partial charge in [0.1, 0.15) is 12.2 Å². The number of ether oxygens (including phenoxy) is 1. The number of nitrogens with one attached hydrogen (secondary N) is 1. The number of nitrogens with two attached hydrogens (primary N) is 1. The Balaban J connectivity index is 2.07. The van der Waals surface area contributed by atoms with Gasteiger partial charge in [-0.05, 0) is 11.6 Å². The molecule has 0 bridgehead atoms. The second kappa shape index (κ2) is 4.77. The fourth-order valence-electron chi connectivity index (χ4n) is 2.23. The van der Waals surface area contributed by atoms with Crippen LogP contribution in [0.25, 0.3) is 11.2 Å². The molecule has 0 aliphatic carbocycles. The van der Waals surface area contributed by atoms with E-state index >= 15 is 0 Å². The first-order valence-corrected chi connectivity index (χ1v) is 6.20. The fraction of sp³-hybridized carbons (Fsp3) is 0.500. The Labute approximate surface area is 117 Å². The van der Waals surface area contributed by atoms with Crippen LogP contribution in [0.15, 0.2) is 6.33 Å². The Morgan fingerprint density at radius 1 is 1.55 bits per heavy atom. The lowest BCUT2D eigenvalue weighted by molar-refractivity contribution is -0.743. The van der Waals surface area contributed by atoms with Crippen LogP contribution in [0, 0.1) is 0 Å². The number of rotatable bonds is 2. The van der Waals surface area contributed by atoms with Crippen LogP contribution in [0.4, 0.5) is 10.2 Å². The van der Waals surface area contributed by atoms with Gasteiger partial charge in [-0.25, -0.2) is 8.96 Å². The number of fused-ring (bicyclic) bond motifs is 1. The molecule has 0 saturated carbocycles. The summed E-state index contributed by atoms with van der Waals surface area (Å²) in [5.74, 6) is 0.117. The molecule has 5 N–H and O–H groups in total. The monoisotopic (exact) mass is 304 g/mol. The summed E-state index contributed by atoms with van der Waals surface area (Å²) in [6, 6.07) is 0. The lowest BCUT2D eigenvalue weighted by Gasteiger charge is -2.10. The van der Waals surface area contributed by atoms with Crippen molar-refractivity contribution in [1.29, 1.82) is 0 Å². The number of H-pyrrole nitrogens is 1. The molecule has 0 aromatic carbocycles. The molecule has 2 aromatic heterocycles. The molecule has 4 atom stereocenters. The van der Waals surface area contributed by atoms with E-state index in [1.807, 2.05) is 0 Å². The first-order valence-electron chi connectivity index (χ1n) is 5.82. The Bertz CT molecular complexity index is 653. The summed E-state index contributed by atoms with van der Waals surface area (Å²) in [7, 11) is 0. The molecule has 3 heterocycles. The molecule has 1 aliphatic rings. The number of alkyl halides is 1. The number of aromatic amines is 1. The molecule has 10 heteroatoms. The Hall–Kier alpha value is -1.55. The second-order valence-corrected chi connectivity index (χ2v) is 4.78. The van der Waals surface area contributed by atoms with Crippen molar-refractivity contribution in [2.75, 3.05) is 12.3 Å². The summed E-state index contributed by atoms with van der Waals surface area (Å²) >= 11 is 5.73. The van der Waals surface area contributed by atoms with Gasteiger partial charge in [0.15, 0.2) is 18.3 Å². The predicted molar refractivity (Wildman–Crippen MR) is 65.4 cm³/mol. The highest BCUT2D eigenvalue weighted by Gasteiger charge is 2.47. The van der Waals surface area contributed by atoms with Crippen LogP contribution in [-0.4, -0.2) is 50.2 Å². The third-order valence-corrected chi connectivity index (χ3v) is 3.40. The molecule has 2 aromatic rings. The summed E-state index contributed by atoms with van der Waals surface area (Å²) in [5.41, 5.74) is 6.31. The van der Waals surface area contributed by atoms with Crippen LogP contribution < -0.4 is 10.3 Å². The van der Waals surface area contributed by atoms with E-state index in [-0.39, 0.29) is 16.7 Å². The first kappa shape index (κ1) is 13.4. The minimum absolute atomic E-state index is 0.0870.